The quantitative estimate of drug-likeness (QED) is 0.732. The Morgan fingerprint density at radius 3 is 2.92 bits per heavy atom. The summed E-state index contributed by atoms with van der Waals surface area (Å²) in [4.78, 5) is 1.07. The SMILES string of the molecule is Cc1c(N)noc1-c1cccs1. The Hall–Kier alpha value is -1.29. The third-order valence-electron chi connectivity index (χ3n) is 1.71. The van der Waals surface area contributed by atoms with E-state index in [4.69, 9.17) is 10.3 Å². The van der Waals surface area contributed by atoms with Crippen LogP contribution in [0.3, 0.4) is 0 Å². The Morgan fingerprint density at radius 1 is 1.58 bits per heavy atom. The maximum absolute atomic E-state index is 5.55. The molecular weight excluding hydrogens is 172 g/mol. The number of nitrogens with zero attached hydrogens (tertiary/aromatic N) is 1. The van der Waals surface area contributed by atoms with Crippen LogP contribution in [0.25, 0.3) is 10.6 Å². The van der Waals surface area contributed by atoms with E-state index in [0.29, 0.717) is 5.82 Å². The molecule has 0 saturated carbocycles. The molecule has 0 unspecified atom stereocenters. The van der Waals surface area contributed by atoms with Gasteiger partial charge in [0.05, 0.1) is 4.88 Å². The first-order valence-corrected chi connectivity index (χ1v) is 4.42. The first-order valence-electron chi connectivity index (χ1n) is 3.54. The van der Waals surface area contributed by atoms with E-state index >= 15 is 0 Å². The van der Waals surface area contributed by atoms with Crippen LogP contribution >= 0.6 is 11.3 Å². The summed E-state index contributed by atoms with van der Waals surface area (Å²) in [6, 6.07) is 3.95. The molecule has 4 heteroatoms. The Labute approximate surface area is 73.8 Å². The Morgan fingerprint density at radius 2 is 2.42 bits per heavy atom. The number of anilines is 1. The van der Waals surface area contributed by atoms with Crippen LogP contribution in [0.2, 0.25) is 0 Å². The number of rotatable bonds is 1. The summed E-state index contributed by atoms with van der Waals surface area (Å²) in [5.41, 5.74) is 6.46. The zero-order chi connectivity index (χ0) is 8.55. The van der Waals surface area contributed by atoms with Crippen molar-refractivity contribution in [3.63, 3.8) is 0 Å². The molecule has 3 nitrogen and oxygen atoms in total. The van der Waals surface area contributed by atoms with Crippen molar-refractivity contribution in [2.45, 2.75) is 6.92 Å². The average Bonchev–Trinajstić information content (AvgIpc) is 2.64. The van der Waals surface area contributed by atoms with Crippen LogP contribution in [-0.4, -0.2) is 5.16 Å². The zero-order valence-electron chi connectivity index (χ0n) is 6.57. The summed E-state index contributed by atoms with van der Waals surface area (Å²) < 4.78 is 5.07. The minimum atomic E-state index is 0.471. The largest absolute Gasteiger partial charge is 0.381 e. The van der Waals surface area contributed by atoms with Gasteiger partial charge in [0, 0.05) is 5.56 Å². The number of aromatic nitrogens is 1. The fourth-order valence-electron chi connectivity index (χ4n) is 0.986. The van der Waals surface area contributed by atoms with E-state index < -0.39 is 0 Å². The molecule has 0 spiro atoms. The van der Waals surface area contributed by atoms with Crippen LogP contribution in [0, 0.1) is 6.92 Å². The maximum Gasteiger partial charge on any atom is 0.181 e. The van der Waals surface area contributed by atoms with Crippen molar-refractivity contribution in [1.29, 1.82) is 0 Å². The maximum atomic E-state index is 5.55. The van der Waals surface area contributed by atoms with Crippen molar-refractivity contribution in [3.05, 3.63) is 23.1 Å². The highest BCUT2D eigenvalue weighted by Gasteiger charge is 2.11. The molecule has 2 aromatic heterocycles. The van der Waals surface area contributed by atoms with Gasteiger partial charge in [-0.05, 0) is 18.4 Å². The minimum Gasteiger partial charge on any atom is -0.381 e. The van der Waals surface area contributed by atoms with Crippen molar-refractivity contribution in [2.75, 3.05) is 5.73 Å². The van der Waals surface area contributed by atoms with Gasteiger partial charge in [0.25, 0.3) is 0 Å². The monoisotopic (exact) mass is 180 g/mol. The van der Waals surface area contributed by atoms with E-state index in [1.54, 1.807) is 11.3 Å². The van der Waals surface area contributed by atoms with Gasteiger partial charge in [-0.15, -0.1) is 11.3 Å². The van der Waals surface area contributed by atoms with E-state index in [1.165, 1.54) is 0 Å². The lowest BCUT2D eigenvalue weighted by atomic mass is 10.2. The lowest BCUT2D eigenvalue weighted by Crippen LogP contribution is -1.85. The normalized spacial score (nSPS) is 10.4. The van der Waals surface area contributed by atoms with Crippen LogP contribution in [-0.2, 0) is 0 Å². The standard InChI is InChI=1S/C8H8N2OS/c1-5-7(11-10-8(5)9)6-3-2-4-12-6/h2-4H,1H3,(H2,9,10). The van der Waals surface area contributed by atoms with Crippen LogP contribution in [0.1, 0.15) is 5.56 Å². The highest BCUT2D eigenvalue weighted by Crippen LogP contribution is 2.29. The first kappa shape index (κ1) is 7.36. The molecule has 12 heavy (non-hydrogen) atoms. The van der Waals surface area contributed by atoms with E-state index in [0.717, 1.165) is 16.2 Å². The van der Waals surface area contributed by atoms with E-state index in [9.17, 15) is 0 Å². The zero-order valence-corrected chi connectivity index (χ0v) is 7.39. The summed E-state index contributed by atoms with van der Waals surface area (Å²) in [6.45, 7) is 1.90. The van der Waals surface area contributed by atoms with Gasteiger partial charge in [0.2, 0.25) is 0 Å². The molecule has 0 radical (unpaired) electrons. The van der Waals surface area contributed by atoms with Crippen molar-refractivity contribution in [3.8, 4) is 10.6 Å². The number of nitrogens with two attached hydrogens (primary N) is 1. The molecule has 0 aliphatic heterocycles. The fraction of sp³-hybridized carbons (Fsp3) is 0.125. The Bertz CT molecular complexity index is 378. The van der Waals surface area contributed by atoms with E-state index in [-0.39, 0.29) is 0 Å². The van der Waals surface area contributed by atoms with Gasteiger partial charge in [-0.2, -0.15) is 0 Å². The highest BCUT2D eigenvalue weighted by molar-refractivity contribution is 7.13. The summed E-state index contributed by atoms with van der Waals surface area (Å²) in [6.07, 6.45) is 0. The molecule has 2 N–H and O–H groups in total. The van der Waals surface area contributed by atoms with Gasteiger partial charge < -0.3 is 10.3 Å². The third-order valence-corrected chi connectivity index (χ3v) is 2.57. The van der Waals surface area contributed by atoms with Gasteiger partial charge in [-0.1, -0.05) is 11.2 Å². The number of hydrogen-bond acceptors (Lipinski definition) is 4. The lowest BCUT2D eigenvalue weighted by molar-refractivity contribution is 0.436. The Balaban J connectivity index is 2.55. The van der Waals surface area contributed by atoms with Crippen molar-refractivity contribution < 1.29 is 4.52 Å². The van der Waals surface area contributed by atoms with Crippen LogP contribution in [0.4, 0.5) is 5.82 Å². The summed E-state index contributed by atoms with van der Waals surface area (Å²) in [7, 11) is 0. The van der Waals surface area contributed by atoms with Crippen molar-refractivity contribution in [1.82, 2.24) is 5.16 Å². The molecule has 0 aromatic carbocycles. The molecule has 2 heterocycles. The van der Waals surface area contributed by atoms with Crippen LogP contribution in [0.5, 0.6) is 0 Å². The smallest absolute Gasteiger partial charge is 0.181 e. The van der Waals surface area contributed by atoms with Crippen molar-refractivity contribution in [2.24, 2.45) is 0 Å². The number of hydrogen-bond donors (Lipinski definition) is 1. The molecule has 0 saturated heterocycles. The minimum absolute atomic E-state index is 0.471. The molecule has 2 rings (SSSR count). The summed E-state index contributed by atoms with van der Waals surface area (Å²) in [5, 5.41) is 5.68. The number of thiophene rings is 1. The second-order valence-electron chi connectivity index (χ2n) is 2.50. The fourth-order valence-corrected chi connectivity index (χ4v) is 1.74. The molecular formula is C8H8N2OS. The van der Waals surface area contributed by atoms with Crippen molar-refractivity contribution >= 4 is 17.2 Å². The van der Waals surface area contributed by atoms with Crippen LogP contribution in [0.15, 0.2) is 22.0 Å². The molecule has 0 fully saturated rings. The second-order valence-corrected chi connectivity index (χ2v) is 3.45. The molecule has 0 aliphatic rings. The first-order chi connectivity index (χ1) is 5.79. The topological polar surface area (TPSA) is 52.0 Å². The summed E-state index contributed by atoms with van der Waals surface area (Å²) in [5.74, 6) is 1.25. The predicted octanol–water partition coefficient (Wildman–Crippen LogP) is 2.29. The predicted molar refractivity (Wildman–Crippen MR) is 49.0 cm³/mol. The lowest BCUT2D eigenvalue weighted by Gasteiger charge is -1.89. The molecule has 0 bridgehead atoms. The second kappa shape index (κ2) is 2.64. The molecule has 0 atom stereocenters. The van der Waals surface area contributed by atoms with Crippen LogP contribution < -0.4 is 5.73 Å². The molecule has 0 aliphatic carbocycles. The summed E-state index contributed by atoms with van der Waals surface area (Å²) >= 11 is 1.61. The van der Waals surface area contributed by atoms with Gasteiger partial charge in [0.15, 0.2) is 11.6 Å². The van der Waals surface area contributed by atoms with Gasteiger partial charge in [0.1, 0.15) is 0 Å². The average molecular weight is 180 g/mol. The van der Waals surface area contributed by atoms with E-state index in [2.05, 4.69) is 5.16 Å². The molecule has 0 amide bonds. The van der Waals surface area contributed by atoms with Gasteiger partial charge in [-0.25, -0.2) is 0 Å². The van der Waals surface area contributed by atoms with Gasteiger partial charge in [-0.3, -0.25) is 0 Å². The third kappa shape index (κ3) is 1.00. The van der Waals surface area contributed by atoms with Gasteiger partial charge >= 0.3 is 0 Å². The van der Waals surface area contributed by atoms with E-state index in [1.807, 2.05) is 24.4 Å². The molecule has 2 aromatic rings. The highest BCUT2D eigenvalue weighted by atomic mass is 32.1. The number of nitrogen functional groups attached to an aromatic ring is 1. The molecule has 62 valence electrons. The Kier molecular flexibility index (Phi) is 1.62.